The summed E-state index contributed by atoms with van der Waals surface area (Å²) in [6.45, 7) is -2.96. The molecular weight excluding hydrogens is 367 g/mol. The van der Waals surface area contributed by atoms with Crippen molar-refractivity contribution in [3.8, 4) is 0 Å². The molecular formula is C19H15N2OPS2. The molecule has 1 aliphatic heterocycles. The van der Waals surface area contributed by atoms with Crippen LogP contribution in [-0.2, 0) is 4.57 Å². The van der Waals surface area contributed by atoms with Crippen LogP contribution < -0.4 is 15.3 Å². The number of hydrogen-bond acceptors (Lipinski definition) is 3. The Bertz CT molecular complexity index is 963. The highest BCUT2D eigenvalue weighted by Crippen LogP contribution is 2.71. The van der Waals surface area contributed by atoms with Gasteiger partial charge in [0.1, 0.15) is 0 Å². The first-order valence-corrected chi connectivity index (χ1v) is 11.3. The molecule has 4 rings (SSSR count). The van der Waals surface area contributed by atoms with Crippen LogP contribution in [0.5, 0.6) is 0 Å². The van der Waals surface area contributed by atoms with E-state index in [0.717, 1.165) is 21.6 Å². The lowest BCUT2D eigenvalue weighted by molar-refractivity contribution is 0.591. The van der Waals surface area contributed by atoms with Crippen molar-refractivity contribution in [2.75, 3.05) is 9.99 Å². The number of thiocarbonyl (C=S) groups is 1. The highest BCUT2D eigenvalue weighted by molar-refractivity contribution is 8.61. The Kier molecular flexibility index (Phi) is 4.38. The van der Waals surface area contributed by atoms with E-state index in [0.29, 0.717) is 5.11 Å². The largest absolute Gasteiger partial charge is 0.332 e. The number of nitrogens with one attached hydrogen (secondary N) is 1. The van der Waals surface area contributed by atoms with Gasteiger partial charge in [-0.25, -0.2) is 0 Å². The molecule has 0 saturated heterocycles. The fourth-order valence-corrected chi connectivity index (χ4v) is 8.59. The Morgan fingerprint density at radius 1 is 0.880 bits per heavy atom. The molecule has 0 aromatic heterocycles. The summed E-state index contributed by atoms with van der Waals surface area (Å²) < 4.78 is 15.8. The smallest absolute Gasteiger partial charge is 0.265 e. The van der Waals surface area contributed by atoms with Crippen LogP contribution in [-0.4, -0.2) is 5.11 Å². The molecule has 1 aliphatic rings. The highest BCUT2D eigenvalue weighted by Gasteiger charge is 2.44. The third-order valence-electron chi connectivity index (χ3n) is 3.88. The van der Waals surface area contributed by atoms with E-state index in [4.69, 9.17) is 12.2 Å². The van der Waals surface area contributed by atoms with Gasteiger partial charge in [-0.3, -0.25) is 9.24 Å². The monoisotopic (exact) mass is 382 g/mol. The Hall–Kier alpha value is -2.07. The van der Waals surface area contributed by atoms with Crippen molar-refractivity contribution < 1.29 is 4.57 Å². The van der Waals surface area contributed by atoms with Crippen LogP contribution in [0.15, 0.2) is 89.8 Å². The second-order valence-electron chi connectivity index (χ2n) is 5.52. The van der Waals surface area contributed by atoms with Crippen LogP contribution in [0.4, 0.5) is 11.4 Å². The zero-order chi connectivity index (χ0) is 17.3. The molecule has 0 bridgehead atoms. The van der Waals surface area contributed by atoms with Gasteiger partial charge >= 0.3 is 0 Å². The van der Waals surface area contributed by atoms with E-state index in [1.54, 1.807) is 4.67 Å². The fraction of sp³-hybridized carbons (Fsp3) is 0. The first-order valence-electron chi connectivity index (χ1n) is 7.79. The van der Waals surface area contributed by atoms with Crippen LogP contribution in [0, 0.1) is 0 Å². The van der Waals surface area contributed by atoms with Crippen molar-refractivity contribution >= 4 is 51.9 Å². The molecule has 3 aromatic rings. The molecule has 3 aromatic carbocycles. The van der Waals surface area contributed by atoms with Gasteiger partial charge in [-0.1, -0.05) is 48.5 Å². The maximum Gasteiger partial charge on any atom is 0.265 e. The van der Waals surface area contributed by atoms with Crippen molar-refractivity contribution in [3.05, 3.63) is 84.9 Å². The summed E-state index contributed by atoms with van der Waals surface area (Å²) in [7, 11) is 0. The van der Waals surface area contributed by atoms with Crippen molar-refractivity contribution in [2.24, 2.45) is 0 Å². The first kappa shape index (κ1) is 16.4. The van der Waals surface area contributed by atoms with Crippen molar-refractivity contribution in [1.82, 2.24) is 0 Å². The first-order chi connectivity index (χ1) is 12.2. The number of hydrogen-bond donors (Lipinski definition) is 1. The van der Waals surface area contributed by atoms with Crippen LogP contribution in [0.3, 0.4) is 0 Å². The third kappa shape index (κ3) is 2.99. The predicted octanol–water partition coefficient (Wildman–Crippen LogP) is 5.51. The molecule has 0 fully saturated rings. The van der Waals surface area contributed by atoms with E-state index < -0.39 is 6.49 Å². The van der Waals surface area contributed by atoms with Gasteiger partial charge in [-0.05, 0) is 60.0 Å². The van der Waals surface area contributed by atoms with Gasteiger partial charge in [0, 0.05) is 15.9 Å². The maximum absolute atomic E-state index is 14.0. The zero-order valence-electron chi connectivity index (χ0n) is 13.2. The molecule has 1 atom stereocenters. The molecule has 0 aliphatic carbocycles. The maximum atomic E-state index is 14.0. The normalized spacial score (nSPS) is 18.6. The average Bonchev–Trinajstić information content (AvgIpc) is 2.96. The number of anilines is 2. The van der Waals surface area contributed by atoms with Crippen LogP contribution >= 0.6 is 30.1 Å². The standard InChI is InChI=1S/C19H15N2OPS2/c22-23(16-11-5-2-6-12-16)21(17-13-7-8-14-18(17)25-23)19(24)20-15-9-3-1-4-10-15/h1-14H,(H,20,24). The summed E-state index contributed by atoms with van der Waals surface area (Å²) in [6.07, 6.45) is 0. The SMILES string of the molecule is O=P1(c2ccccc2)Sc2ccccc2N1C(=S)Nc1ccccc1. The summed E-state index contributed by atoms with van der Waals surface area (Å²) in [4.78, 5) is 0.979. The molecule has 0 radical (unpaired) electrons. The molecule has 3 nitrogen and oxygen atoms in total. The third-order valence-corrected chi connectivity index (χ3v) is 9.44. The molecule has 1 N–H and O–H groups in total. The number of para-hydroxylation sites is 2. The van der Waals surface area contributed by atoms with Gasteiger partial charge < -0.3 is 5.32 Å². The molecule has 0 saturated carbocycles. The molecule has 1 heterocycles. The average molecular weight is 382 g/mol. The summed E-state index contributed by atoms with van der Waals surface area (Å²) in [5.41, 5.74) is 1.76. The number of nitrogens with zero attached hydrogens (tertiary/aromatic N) is 1. The summed E-state index contributed by atoms with van der Waals surface area (Å²) in [5.74, 6) is 0. The van der Waals surface area contributed by atoms with Crippen LogP contribution in [0.2, 0.25) is 0 Å². The minimum absolute atomic E-state index is 0.441. The zero-order valence-corrected chi connectivity index (χ0v) is 15.7. The van der Waals surface area contributed by atoms with Crippen molar-refractivity contribution in [1.29, 1.82) is 0 Å². The lowest BCUT2D eigenvalue weighted by Gasteiger charge is -2.27. The molecule has 25 heavy (non-hydrogen) atoms. The topological polar surface area (TPSA) is 32.3 Å². The van der Waals surface area contributed by atoms with E-state index in [2.05, 4.69) is 5.32 Å². The Morgan fingerprint density at radius 2 is 1.48 bits per heavy atom. The van der Waals surface area contributed by atoms with Crippen molar-refractivity contribution in [2.45, 2.75) is 4.90 Å². The van der Waals surface area contributed by atoms with Gasteiger partial charge in [0.05, 0.1) is 5.69 Å². The second-order valence-corrected chi connectivity index (χ2v) is 10.5. The molecule has 0 spiro atoms. The van der Waals surface area contributed by atoms with E-state index in [9.17, 15) is 4.57 Å². The van der Waals surface area contributed by atoms with Gasteiger partial charge in [0.15, 0.2) is 5.11 Å². The van der Waals surface area contributed by atoms with Crippen LogP contribution in [0.25, 0.3) is 0 Å². The highest BCUT2D eigenvalue weighted by atomic mass is 32.7. The molecule has 6 heteroatoms. The predicted molar refractivity (Wildman–Crippen MR) is 111 cm³/mol. The number of benzene rings is 3. The van der Waals surface area contributed by atoms with Gasteiger partial charge in [-0.2, -0.15) is 0 Å². The minimum Gasteiger partial charge on any atom is -0.332 e. The minimum atomic E-state index is -2.96. The summed E-state index contributed by atoms with van der Waals surface area (Å²) in [5, 5.41) is 4.45. The summed E-state index contributed by atoms with van der Waals surface area (Å²) >= 11 is 7.04. The van der Waals surface area contributed by atoms with E-state index in [1.165, 1.54) is 11.4 Å². The second kappa shape index (κ2) is 6.68. The Balaban J connectivity index is 1.78. The van der Waals surface area contributed by atoms with E-state index in [-0.39, 0.29) is 0 Å². The lowest BCUT2D eigenvalue weighted by atomic mass is 10.3. The molecule has 0 amide bonds. The number of rotatable bonds is 2. The number of fused-ring (bicyclic) bond motifs is 1. The Labute approximate surface area is 156 Å². The quantitative estimate of drug-likeness (QED) is 0.466. The molecule has 1 unspecified atom stereocenters. The van der Waals surface area contributed by atoms with Gasteiger partial charge in [-0.15, -0.1) is 0 Å². The fourth-order valence-electron chi connectivity index (χ4n) is 2.74. The van der Waals surface area contributed by atoms with E-state index in [1.807, 2.05) is 84.9 Å². The van der Waals surface area contributed by atoms with Gasteiger partial charge in [0.25, 0.3) is 6.49 Å². The Morgan fingerprint density at radius 3 is 2.20 bits per heavy atom. The van der Waals surface area contributed by atoms with Crippen LogP contribution in [0.1, 0.15) is 0 Å². The lowest BCUT2D eigenvalue weighted by Crippen LogP contribution is -2.32. The van der Waals surface area contributed by atoms with E-state index >= 15 is 0 Å². The molecule has 124 valence electrons. The summed E-state index contributed by atoms with van der Waals surface area (Å²) in [6, 6.07) is 27.1. The van der Waals surface area contributed by atoms with Gasteiger partial charge in [0.2, 0.25) is 0 Å². The van der Waals surface area contributed by atoms with Crippen molar-refractivity contribution in [3.63, 3.8) is 0 Å².